The Morgan fingerprint density at radius 1 is 1.31 bits per heavy atom. The molecule has 3 heteroatoms. The molecule has 0 saturated carbocycles. The first-order valence-electron chi connectivity index (χ1n) is 5.57. The van der Waals surface area contributed by atoms with Crippen LogP contribution in [0, 0.1) is 5.92 Å². The van der Waals surface area contributed by atoms with E-state index in [1.807, 2.05) is 11.8 Å². The molecule has 0 atom stereocenters. The van der Waals surface area contributed by atoms with Gasteiger partial charge in [-0.2, -0.15) is 0 Å². The number of benzene rings is 1. The van der Waals surface area contributed by atoms with E-state index in [2.05, 4.69) is 58.9 Å². The quantitative estimate of drug-likeness (QED) is 0.831. The van der Waals surface area contributed by atoms with Gasteiger partial charge in [0.05, 0.1) is 0 Å². The summed E-state index contributed by atoms with van der Waals surface area (Å²) in [5.74, 6) is 1.51. The second kappa shape index (κ2) is 5.56. The van der Waals surface area contributed by atoms with Crippen LogP contribution in [-0.2, 0) is 0 Å². The molecule has 0 aliphatic carbocycles. The maximum atomic E-state index is 3.46. The minimum Gasteiger partial charge on any atom is -0.300 e. The van der Waals surface area contributed by atoms with Gasteiger partial charge in [-0.3, -0.25) is 0 Å². The van der Waals surface area contributed by atoms with Crippen LogP contribution in [0.15, 0.2) is 33.6 Å². The Morgan fingerprint density at radius 3 is 2.50 bits per heavy atom. The fourth-order valence-electron chi connectivity index (χ4n) is 1.88. The lowest BCUT2D eigenvalue weighted by Crippen LogP contribution is -2.49. The molecule has 0 aromatic heterocycles. The molecule has 87 valence electrons. The van der Waals surface area contributed by atoms with Crippen LogP contribution in [0.5, 0.6) is 0 Å². The molecule has 0 bridgehead atoms. The van der Waals surface area contributed by atoms with Gasteiger partial charge in [-0.25, -0.2) is 0 Å². The number of thioether (sulfide) groups is 1. The van der Waals surface area contributed by atoms with E-state index in [9.17, 15) is 0 Å². The lowest BCUT2D eigenvalue weighted by molar-refractivity contribution is 0.199. The summed E-state index contributed by atoms with van der Waals surface area (Å²) >= 11 is 5.46. The third kappa shape index (κ3) is 3.51. The SMILES string of the molecule is C[C](C)CN1CC(Sc2ccc(Br)cc2)C1. The first-order chi connectivity index (χ1) is 7.63. The van der Waals surface area contributed by atoms with Gasteiger partial charge in [-0.15, -0.1) is 11.8 Å². The molecule has 0 N–H and O–H groups in total. The Hall–Kier alpha value is 0.01000. The van der Waals surface area contributed by atoms with Crippen molar-refractivity contribution in [3.05, 3.63) is 34.7 Å². The zero-order chi connectivity index (χ0) is 11.5. The Bertz CT molecular complexity index is 330. The fourth-order valence-corrected chi connectivity index (χ4v) is 3.39. The molecular weight excluding hydrogens is 282 g/mol. The van der Waals surface area contributed by atoms with Gasteiger partial charge in [0, 0.05) is 34.3 Å². The van der Waals surface area contributed by atoms with Crippen LogP contribution in [0.1, 0.15) is 13.8 Å². The zero-order valence-electron chi connectivity index (χ0n) is 9.74. The van der Waals surface area contributed by atoms with Crippen molar-refractivity contribution in [1.82, 2.24) is 4.90 Å². The Labute approximate surface area is 111 Å². The van der Waals surface area contributed by atoms with Gasteiger partial charge in [0.15, 0.2) is 0 Å². The van der Waals surface area contributed by atoms with Crippen LogP contribution < -0.4 is 0 Å². The van der Waals surface area contributed by atoms with Crippen molar-refractivity contribution in [3.63, 3.8) is 0 Å². The number of hydrogen-bond donors (Lipinski definition) is 0. The van der Waals surface area contributed by atoms with Gasteiger partial charge in [-0.1, -0.05) is 29.8 Å². The molecule has 1 aromatic rings. The number of rotatable bonds is 4. The Morgan fingerprint density at radius 2 is 1.94 bits per heavy atom. The molecule has 1 aliphatic rings. The predicted molar refractivity (Wildman–Crippen MR) is 74.8 cm³/mol. The molecular formula is C13H17BrNS. The summed E-state index contributed by atoms with van der Waals surface area (Å²) in [5.41, 5.74) is 0. The molecule has 2 rings (SSSR count). The third-order valence-electron chi connectivity index (χ3n) is 2.58. The van der Waals surface area contributed by atoms with E-state index in [1.54, 1.807) is 0 Å². The Kier molecular flexibility index (Phi) is 4.34. The molecule has 0 amide bonds. The summed E-state index contributed by atoms with van der Waals surface area (Å²) in [6, 6.07) is 8.61. The van der Waals surface area contributed by atoms with Crippen LogP contribution >= 0.6 is 27.7 Å². The first kappa shape index (κ1) is 12.5. The lowest BCUT2D eigenvalue weighted by Gasteiger charge is -2.39. The largest absolute Gasteiger partial charge is 0.300 e. The lowest BCUT2D eigenvalue weighted by atomic mass is 10.1. The maximum Gasteiger partial charge on any atom is 0.0349 e. The average molecular weight is 299 g/mol. The minimum absolute atomic E-state index is 0.778. The summed E-state index contributed by atoms with van der Waals surface area (Å²) in [7, 11) is 0. The Balaban J connectivity index is 1.75. The van der Waals surface area contributed by atoms with Gasteiger partial charge in [0.2, 0.25) is 0 Å². The maximum absolute atomic E-state index is 3.46. The van der Waals surface area contributed by atoms with Crippen molar-refractivity contribution in [2.45, 2.75) is 24.0 Å². The molecule has 0 unspecified atom stereocenters. The standard InChI is InChI=1S/C13H17BrNS/c1-10(2)7-15-8-13(9-15)16-12-5-3-11(14)4-6-12/h3-6,13H,7-9H2,1-2H3. The van der Waals surface area contributed by atoms with Crippen molar-refractivity contribution >= 4 is 27.7 Å². The fraction of sp³-hybridized carbons (Fsp3) is 0.462. The number of likely N-dealkylation sites (tertiary alicyclic amines) is 1. The van der Waals surface area contributed by atoms with Crippen LogP contribution in [0.25, 0.3) is 0 Å². The normalized spacial score (nSPS) is 17.8. The highest BCUT2D eigenvalue weighted by Crippen LogP contribution is 2.30. The van der Waals surface area contributed by atoms with Gasteiger partial charge >= 0.3 is 0 Å². The summed E-state index contributed by atoms with van der Waals surface area (Å²) < 4.78 is 1.16. The molecule has 1 fully saturated rings. The van der Waals surface area contributed by atoms with E-state index in [4.69, 9.17) is 0 Å². The highest BCUT2D eigenvalue weighted by Gasteiger charge is 2.27. The van der Waals surface area contributed by atoms with Crippen molar-refractivity contribution in [3.8, 4) is 0 Å². The smallest absolute Gasteiger partial charge is 0.0349 e. The summed E-state index contributed by atoms with van der Waals surface area (Å²) in [4.78, 5) is 3.89. The van der Waals surface area contributed by atoms with Crippen molar-refractivity contribution in [1.29, 1.82) is 0 Å². The zero-order valence-corrected chi connectivity index (χ0v) is 12.1. The van der Waals surface area contributed by atoms with E-state index in [1.165, 1.54) is 23.9 Å². The van der Waals surface area contributed by atoms with E-state index < -0.39 is 0 Å². The monoisotopic (exact) mass is 298 g/mol. The van der Waals surface area contributed by atoms with E-state index in [0.29, 0.717) is 0 Å². The third-order valence-corrected chi connectivity index (χ3v) is 4.28. The highest BCUT2D eigenvalue weighted by molar-refractivity contribution is 9.10. The van der Waals surface area contributed by atoms with Crippen LogP contribution in [0.4, 0.5) is 0 Å². The van der Waals surface area contributed by atoms with E-state index >= 15 is 0 Å². The second-order valence-electron chi connectivity index (χ2n) is 4.59. The van der Waals surface area contributed by atoms with Gasteiger partial charge in [-0.05, 0) is 30.2 Å². The van der Waals surface area contributed by atoms with Crippen LogP contribution in [0.2, 0.25) is 0 Å². The summed E-state index contributed by atoms with van der Waals surface area (Å²) in [5, 5.41) is 0.778. The molecule has 1 saturated heterocycles. The molecule has 1 aliphatic heterocycles. The molecule has 1 heterocycles. The molecule has 0 spiro atoms. The molecule has 1 aromatic carbocycles. The number of halogens is 1. The van der Waals surface area contributed by atoms with E-state index in [0.717, 1.165) is 16.3 Å². The summed E-state index contributed by atoms with van der Waals surface area (Å²) in [6.07, 6.45) is 0. The predicted octanol–water partition coefficient (Wildman–Crippen LogP) is 3.84. The van der Waals surface area contributed by atoms with Crippen LogP contribution in [0.3, 0.4) is 0 Å². The first-order valence-corrected chi connectivity index (χ1v) is 7.24. The highest BCUT2D eigenvalue weighted by atomic mass is 79.9. The van der Waals surface area contributed by atoms with Crippen molar-refractivity contribution < 1.29 is 0 Å². The van der Waals surface area contributed by atoms with Gasteiger partial charge < -0.3 is 4.90 Å². The van der Waals surface area contributed by atoms with Crippen molar-refractivity contribution in [2.24, 2.45) is 0 Å². The second-order valence-corrected chi connectivity index (χ2v) is 6.88. The summed E-state index contributed by atoms with van der Waals surface area (Å²) in [6.45, 7) is 8.03. The molecule has 1 nitrogen and oxygen atoms in total. The number of nitrogens with zero attached hydrogens (tertiary/aromatic N) is 1. The van der Waals surface area contributed by atoms with E-state index in [-0.39, 0.29) is 0 Å². The van der Waals surface area contributed by atoms with Gasteiger partial charge in [0.1, 0.15) is 0 Å². The topological polar surface area (TPSA) is 3.24 Å². The molecule has 1 radical (unpaired) electrons. The molecule has 16 heavy (non-hydrogen) atoms. The van der Waals surface area contributed by atoms with Crippen molar-refractivity contribution in [2.75, 3.05) is 19.6 Å². The van der Waals surface area contributed by atoms with Crippen LogP contribution in [-0.4, -0.2) is 29.8 Å². The average Bonchev–Trinajstić information content (AvgIpc) is 2.17. The minimum atomic E-state index is 0.778. The van der Waals surface area contributed by atoms with Gasteiger partial charge in [0.25, 0.3) is 0 Å². The number of hydrogen-bond acceptors (Lipinski definition) is 2.